The first kappa shape index (κ1) is 23.1. The zero-order valence-electron chi connectivity index (χ0n) is 16.8. The molecule has 1 N–H and O–H groups in total. The molecule has 2 amide bonds. The summed E-state index contributed by atoms with van der Waals surface area (Å²) in [5.74, 6) is 0.0278. The van der Waals surface area contributed by atoms with Crippen molar-refractivity contribution in [1.29, 1.82) is 0 Å². The molecule has 0 aliphatic carbocycles. The molecular formula is C19H28N4O5S. The maximum absolute atomic E-state index is 12.7. The van der Waals surface area contributed by atoms with E-state index in [9.17, 15) is 19.7 Å². The molecule has 0 aromatic heterocycles. The molecule has 1 aliphatic heterocycles. The van der Waals surface area contributed by atoms with Gasteiger partial charge in [0.1, 0.15) is 0 Å². The summed E-state index contributed by atoms with van der Waals surface area (Å²) in [6, 6.07) is 6.21. The second kappa shape index (κ2) is 11.7. The van der Waals surface area contributed by atoms with Crippen LogP contribution in [0, 0.1) is 10.1 Å². The van der Waals surface area contributed by atoms with Crippen LogP contribution in [0.25, 0.3) is 0 Å². The van der Waals surface area contributed by atoms with Crippen LogP contribution in [0.2, 0.25) is 0 Å². The second-order valence-corrected chi connectivity index (χ2v) is 8.22. The van der Waals surface area contributed by atoms with Gasteiger partial charge in [0, 0.05) is 63.5 Å². The Labute approximate surface area is 174 Å². The third-order valence-electron chi connectivity index (χ3n) is 4.61. The molecule has 0 spiro atoms. The average molecular weight is 425 g/mol. The lowest BCUT2D eigenvalue weighted by Crippen LogP contribution is -2.52. The van der Waals surface area contributed by atoms with Crippen molar-refractivity contribution in [3.63, 3.8) is 0 Å². The molecule has 29 heavy (non-hydrogen) atoms. The zero-order valence-corrected chi connectivity index (χ0v) is 17.7. The van der Waals surface area contributed by atoms with Crippen LogP contribution >= 0.6 is 11.8 Å². The van der Waals surface area contributed by atoms with Gasteiger partial charge in [0.15, 0.2) is 0 Å². The van der Waals surface area contributed by atoms with E-state index in [-0.39, 0.29) is 22.8 Å². The number of rotatable bonds is 10. The van der Waals surface area contributed by atoms with Crippen molar-refractivity contribution in [1.82, 2.24) is 15.1 Å². The van der Waals surface area contributed by atoms with Crippen molar-refractivity contribution in [3.05, 3.63) is 34.4 Å². The van der Waals surface area contributed by atoms with Gasteiger partial charge in [-0.15, -0.1) is 11.8 Å². The van der Waals surface area contributed by atoms with E-state index in [4.69, 9.17) is 4.74 Å². The Morgan fingerprint density at radius 1 is 1.24 bits per heavy atom. The van der Waals surface area contributed by atoms with Gasteiger partial charge in [-0.25, -0.2) is 0 Å². The Morgan fingerprint density at radius 2 is 1.90 bits per heavy atom. The highest BCUT2D eigenvalue weighted by molar-refractivity contribution is 8.00. The van der Waals surface area contributed by atoms with E-state index >= 15 is 0 Å². The summed E-state index contributed by atoms with van der Waals surface area (Å²) < 4.78 is 4.95. The predicted molar refractivity (Wildman–Crippen MR) is 111 cm³/mol. The van der Waals surface area contributed by atoms with Gasteiger partial charge in [0.2, 0.25) is 11.8 Å². The van der Waals surface area contributed by atoms with Crippen molar-refractivity contribution in [2.24, 2.45) is 0 Å². The zero-order chi connectivity index (χ0) is 21.2. The summed E-state index contributed by atoms with van der Waals surface area (Å²) in [6.45, 7) is 5.89. The first-order chi connectivity index (χ1) is 13.9. The molecule has 9 nitrogen and oxygen atoms in total. The van der Waals surface area contributed by atoms with Crippen molar-refractivity contribution in [2.75, 3.05) is 53.0 Å². The van der Waals surface area contributed by atoms with Crippen LogP contribution in [0.5, 0.6) is 0 Å². The number of piperazine rings is 1. The number of amides is 2. The number of nitrogens with one attached hydrogen (secondary N) is 1. The number of carbonyl (C=O) groups excluding carboxylic acids is 2. The van der Waals surface area contributed by atoms with Crippen molar-refractivity contribution < 1.29 is 19.2 Å². The van der Waals surface area contributed by atoms with Gasteiger partial charge in [-0.3, -0.25) is 24.6 Å². The number of nitrogens with zero attached hydrogens (tertiary/aromatic N) is 3. The van der Waals surface area contributed by atoms with Crippen LogP contribution in [-0.2, 0) is 14.3 Å². The van der Waals surface area contributed by atoms with E-state index in [2.05, 4.69) is 5.32 Å². The number of ether oxygens (including phenoxy) is 1. The second-order valence-electron chi connectivity index (χ2n) is 6.81. The van der Waals surface area contributed by atoms with Gasteiger partial charge in [-0.2, -0.15) is 0 Å². The third kappa shape index (κ3) is 7.64. The molecule has 2 rings (SSSR count). The SMILES string of the molecule is COCCCNC(=O)CN1CCN(C(=O)C(C)Sc2ccc([N+](=O)[O-])cc2)CC1. The summed E-state index contributed by atoms with van der Waals surface area (Å²) >= 11 is 1.39. The molecule has 1 aliphatic rings. The molecule has 1 atom stereocenters. The van der Waals surface area contributed by atoms with Crippen LogP contribution in [0.15, 0.2) is 29.2 Å². The normalized spacial score (nSPS) is 15.7. The Morgan fingerprint density at radius 3 is 2.48 bits per heavy atom. The fourth-order valence-electron chi connectivity index (χ4n) is 2.99. The molecule has 1 heterocycles. The van der Waals surface area contributed by atoms with Gasteiger partial charge >= 0.3 is 0 Å². The third-order valence-corrected chi connectivity index (χ3v) is 5.71. The van der Waals surface area contributed by atoms with Gasteiger partial charge < -0.3 is 15.0 Å². The molecule has 1 saturated heterocycles. The average Bonchev–Trinajstić information content (AvgIpc) is 2.71. The highest BCUT2D eigenvalue weighted by atomic mass is 32.2. The first-order valence-electron chi connectivity index (χ1n) is 9.58. The van der Waals surface area contributed by atoms with E-state index < -0.39 is 4.92 Å². The maximum atomic E-state index is 12.7. The topological polar surface area (TPSA) is 105 Å². The molecule has 1 aromatic carbocycles. The number of nitro groups is 1. The molecule has 1 unspecified atom stereocenters. The Bertz CT molecular complexity index is 692. The number of methoxy groups -OCH3 is 1. The number of benzene rings is 1. The van der Waals surface area contributed by atoms with Gasteiger partial charge in [-0.1, -0.05) is 0 Å². The monoisotopic (exact) mass is 424 g/mol. The minimum atomic E-state index is -0.442. The predicted octanol–water partition coefficient (Wildman–Crippen LogP) is 1.37. The minimum Gasteiger partial charge on any atom is -0.385 e. The number of non-ortho nitro benzene ring substituents is 1. The molecule has 1 fully saturated rings. The fraction of sp³-hybridized carbons (Fsp3) is 0.579. The number of thioether (sulfide) groups is 1. The summed E-state index contributed by atoms with van der Waals surface area (Å²) in [7, 11) is 1.63. The lowest BCUT2D eigenvalue weighted by Gasteiger charge is -2.35. The van der Waals surface area contributed by atoms with Gasteiger partial charge in [0.25, 0.3) is 5.69 Å². The number of hydrogen-bond donors (Lipinski definition) is 1. The summed E-state index contributed by atoms with van der Waals surface area (Å²) in [6.07, 6.45) is 0.787. The molecule has 10 heteroatoms. The van der Waals surface area contributed by atoms with Crippen molar-refractivity contribution in [3.8, 4) is 0 Å². The molecule has 0 radical (unpaired) electrons. The Kier molecular flexibility index (Phi) is 9.36. The van der Waals surface area contributed by atoms with E-state index in [0.29, 0.717) is 45.9 Å². The van der Waals surface area contributed by atoms with Crippen molar-refractivity contribution >= 4 is 29.3 Å². The first-order valence-corrected chi connectivity index (χ1v) is 10.5. The smallest absolute Gasteiger partial charge is 0.269 e. The molecular weight excluding hydrogens is 396 g/mol. The Balaban J connectivity index is 1.73. The number of carbonyl (C=O) groups is 2. The standard InChI is InChI=1S/C19H28N4O5S/c1-15(29-17-6-4-16(5-7-17)23(26)27)19(25)22-11-9-21(10-12-22)14-18(24)20-8-3-13-28-2/h4-7,15H,3,8-14H2,1-2H3,(H,20,24). The highest BCUT2D eigenvalue weighted by Crippen LogP contribution is 2.26. The fourth-order valence-corrected chi connectivity index (χ4v) is 3.94. The quantitative estimate of drug-likeness (QED) is 0.262. The minimum absolute atomic E-state index is 0.0111. The molecule has 0 saturated carbocycles. The summed E-state index contributed by atoms with van der Waals surface area (Å²) in [4.78, 5) is 39.6. The van der Waals surface area contributed by atoms with E-state index in [1.54, 1.807) is 19.2 Å². The Hall–Kier alpha value is -2.17. The summed E-state index contributed by atoms with van der Waals surface area (Å²) in [5, 5.41) is 13.3. The maximum Gasteiger partial charge on any atom is 0.269 e. The number of hydrogen-bond acceptors (Lipinski definition) is 7. The lowest BCUT2D eigenvalue weighted by molar-refractivity contribution is -0.384. The molecule has 160 valence electrons. The van der Waals surface area contributed by atoms with E-state index in [1.165, 1.54) is 23.9 Å². The van der Waals surface area contributed by atoms with Crippen molar-refractivity contribution in [2.45, 2.75) is 23.5 Å². The highest BCUT2D eigenvalue weighted by Gasteiger charge is 2.26. The summed E-state index contributed by atoms with van der Waals surface area (Å²) in [5.41, 5.74) is 0.0344. The van der Waals surface area contributed by atoms with Crippen LogP contribution < -0.4 is 5.32 Å². The van der Waals surface area contributed by atoms with Crippen LogP contribution in [0.3, 0.4) is 0 Å². The van der Waals surface area contributed by atoms with Crippen LogP contribution in [0.1, 0.15) is 13.3 Å². The molecule has 1 aromatic rings. The van der Waals surface area contributed by atoms with Gasteiger partial charge in [0.05, 0.1) is 16.7 Å². The van der Waals surface area contributed by atoms with E-state index in [1.807, 2.05) is 16.7 Å². The van der Waals surface area contributed by atoms with Gasteiger partial charge in [-0.05, 0) is 25.5 Å². The largest absolute Gasteiger partial charge is 0.385 e. The van der Waals surface area contributed by atoms with Crippen LogP contribution in [0.4, 0.5) is 5.69 Å². The van der Waals surface area contributed by atoms with Crippen LogP contribution in [-0.4, -0.2) is 84.8 Å². The lowest BCUT2D eigenvalue weighted by atomic mass is 10.2. The van der Waals surface area contributed by atoms with E-state index in [0.717, 1.165) is 11.3 Å². The number of nitro benzene ring substituents is 1. The molecule has 0 bridgehead atoms.